The summed E-state index contributed by atoms with van der Waals surface area (Å²) in [7, 11) is 0. The fraction of sp³-hybridized carbons (Fsp3) is 0.273. The molecule has 0 bridgehead atoms. The fourth-order valence-electron chi connectivity index (χ4n) is 1.36. The zero-order valence-electron chi connectivity index (χ0n) is 8.90. The lowest BCUT2D eigenvalue weighted by Gasteiger charge is -2.02. The summed E-state index contributed by atoms with van der Waals surface area (Å²) in [6.45, 7) is 3.57. The van der Waals surface area contributed by atoms with E-state index in [9.17, 15) is 0 Å². The Bertz CT molecular complexity index is 470. The lowest BCUT2D eigenvalue weighted by atomic mass is 10.3. The Hall–Kier alpha value is -0.780. The van der Waals surface area contributed by atoms with Crippen LogP contribution in [0.15, 0.2) is 28.2 Å². The number of halogens is 1. The molecule has 0 fully saturated rings. The summed E-state index contributed by atoms with van der Waals surface area (Å²) >= 11 is 5.03. The molecule has 2 aromatic heterocycles. The number of rotatable bonds is 4. The summed E-state index contributed by atoms with van der Waals surface area (Å²) in [4.78, 5) is 8.73. The molecular weight excluding hydrogens is 286 g/mol. The van der Waals surface area contributed by atoms with E-state index < -0.39 is 0 Å². The molecular formula is C11H12BrN3S. The first-order chi connectivity index (χ1) is 7.74. The Balaban J connectivity index is 1.84. The van der Waals surface area contributed by atoms with Gasteiger partial charge in [-0.25, -0.2) is 9.97 Å². The topological polar surface area (TPSA) is 37.8 Å². The standard InChI is InChI=1S/C11H12BrN3S/c1-8-14-10(7-16-8)6-13-5-9-3-2-4-11(12)15-9/h2-4,7,13H,5-6H2,1H3. The van der Waals surface area contributed by atoms with Crippen LogP contribution in [0.5, 0.6) is 0 Å². The molecule has 0 aliphatic carbocycles. The van der Waals surface area contributed by atoms with Gasteiger partial charge in [-0.3, -0.25) is 0 Å². The number of hydrogen-bond donors (Lipinski definition) is 1. The molecule has 0 aliphatic rings. The van der Waals surface area contributed by atoms with Crippen molar-refractivity contribution in [3.63, 3.8) is 0 Å². The molecule has 0 amide bonds. The third-order valence-electron chi connectivity index (χ3n) is 2.05. The molecule has 0 spiro atoms. The summed E-state index contributed by atoms with van der Waals surface area (Å²) in [6.07, 6.45) is 0. The van der Waals surface area contributed by atoms with Gasteiger partial charge >= 0.3 is 0 Å². The number of aromatic nitrogens is 2. The number of nitrogens with zero attached hydrogens (tertiary/aromatic N) is 2. The highest BCUT2D eigenvalue weighted by molar-refractivity contribution is 9.10. The normalized spacial score (nSPS) is 10.6. The average Bonchev–Trinajstić information content (AvgIpc) is 2.64. The predicted octanol–water partition coefficient (Wildman–Crippen LogP) is 2.90. The maximum atomic E-state index is 4.39. The highest BCUT2D eigenvalue weighted by atomic mass is 79.9. The van der Waals surface area contributed by atoms with Gasteiger partial charge < -0.3 is 5.32 Å². The zero-order valence-corrected chi connectivity index (χ0v) is 11.3. The van der Waals surface area contributed by atoms with E-state index in [2.05, 4.69) is 36.6 Å². The van der Waals surface area contributed by atoms with E-state index in [4.69, 9.17) is 0 Å². The van der Waals surface area contributed by atoms with Gasteiger partial charge in [0.05, 0.1) is 16.4 Å². The van der Waals surface area contributed by atoms with Crippen LogP contribution in [-0.2, 0) is 13.1 Å². The monoisotopic (exact) mass is 297 g/mol. The van der Waals surface area contributed by atoms with E-state index in [1.165, 1.54) is 0 Å². The molecule has 0 radical (unpaired) electrons. The lowest BCUT2D eigenvalue weighted by Crippen LogP contribution is -2.13. The van der Waals surface area contributed by atoms with E-state index in [-0.39, 0.29) is 0 Å². The van der Waals surface area contributed by atoms with Crippen LogP contribution in [0.2, 0.25) is 0 Å². The number of pyridine rings is 1. The van der Waals surface area contributed by atoms with Gasteiger partial charge in [0, 0.05) is 18.5 Å². The first-order valence-electron chi connectivity index (χ1n) is 4.97. The van der Waals surface area contributed by atoms with Crippen LogP contribution in [0, 0.1) is 6.92 Å². The molecule has 16 heavy (non-hydrogen) atoms. The fourth-order valence-corrected chi connectivity index (χ4v) is 2.35. The summed E-state index contributed by atoms with van der Waals surface area (Å²) in [5, 5.41) is 6.51. The number of aryl methyl sites for hydroxylation is 1. The summed E-state index contributed by atoms with van der Waals surface area (Å²) < 4.78 is 0.872. The van der Waals surface area contributed by atoms with Gasteiger partial charge in [0.15, 0.2) is 0 Å². The van der Waals surface area contributed by atoms with E-state index in [0.29, 0.717) is 0 Å². The van der Waals surface area contributed by atoms with Crippen molar-refractivity contribution in [3.05, 3.63) is 44.6 Å². The Morgan fingerprint density at radius 2 is 2.06 bits per heavy atom. The van der Waals surface area contributed by atoms with Gasteiger partial charge in [-0.05, 0) is 35.0 Å². The molecule has 0 atom stereocenters. The minimum Gasteiger partial charge on any atom is -0.305 e. The number of thiazole rings is 1. The van der Waals surface area contributed by atoms with Crippen molar-refractivity contribution in [2.45, 2.75) is 20.0 Å². The van der Waals surface area contributed by atoms with Crippen LogP contribution >= 0.6 is 27.3 Å². The predicted molar refractivity (Wildman–Crippen MR) is 69.3 cm³/mol. The number of hydrogen-bond acceptors (Lipinski definition) is 4. The molecule has 5 heteroatoms. The van der Waals surface area contributed by atoms with Crippen LogP contribution in [0.25, 0.3) is 0 Å². The second kappa shape index (κ2) is 5.52. The number of nitrogens with one attached hydrogen (secondary N) is 1. The SMILES string of the molecule is Cc1nc(CNCc2cccc(Br)n2)cs1. The molecule has 1 N–H and O–H groups in total. The van der Waals surface area contributed by atoms with Gasteiger partial charge in [-0.1, -0.05) is 6.07 Å². The summed E-state index contributed by atoms with van der Waals surface area (Å²) in [5.41, 5.74) is 2.12. The van der Waals surface area contributed by atoms with Crippen molar-refractivity contribution < 1.29 is 0 Å². The van der Waals surface area contributed by atoms with Crippen molar-refractivity contribution in [3.8, 4) is 0 Å². The van der Waals surface area contributed by atoms with Gasteiger partial charge in [0.25, 0.3) is 0 Å². The van der Waals surface area contributed by atoms with Crippen LogP contribution < -0.4 is 5.32 Å². The van der Waals surface area contributed by atoms with Gasteiger partial charge in [-0.15, -0.1) is 11.3 Å². The molecule has 2 rings (SSSR count). The maximum absolute atomic E-state index is 4.39. The molecule has 2 heterocycles. The highest BCUT2D eigenvalue weighted by Gasteiger charge is 1.99. The van der Waals surface area contributed by atoms with Crippen LogP contribution in [0.3, 0.4) is 0 Å². The first-order valence-corrected chi connectivity index (χ1v) is 6.64. The van der Waals surface area contributed by atoms with Crippen LogP contribution in [0.4, 0.5) is 0 Å². The molecule has 2 aromatic rings. The zero-order chi connectivity index (χ0) is 11.4. The summed E-state index contributed by atoms with van der Waals surface area (Å²) in [5.74, 6) is 0. The van der Waals surface area contributed by atoms with Gasteiger partial charge in [0.2, 0.25) is 0 Å². The van der Waals surface area contributed by atoms with Crippen molar-refractivity contribution in [2.75, 3.05) is 0 Å². The Morgan fingerprint density at radius 3 is 2.75 bits per heavy atom. The van der Waals surface area contributed by atoms with E-state index >= 15 is 0 Å². The van der Waals surface area contributed by atoms with Crippen molar-refractivity contribution >= 4 is 27.3 Å². The van der Waals surface area contributed by atoms with E-state index in [1.54, 1.807) is 11.3 Å². The molecule has 0 saturated carbocycles. The third kappa shape index (κ3) is 3.37. The second-order valence-corrected chi connectivity index (χ2v) is 5.29. The second-order valence-electron chi connectivity index (χ2n) is 3.41. The van der Waals surface area contributed by atoms with E-state index in [1.807, 2.05) is 25.1 Å². The van der Waals surface area contributed by atoms with Gasteiger partial charge in [-0.2, -0.15) is 0 Å². The quantitative estimate of drug-likeness (QED) is 0.882. The Kier molecular flexibility index (Phi) is 4.04. The van der Waals surface area contributed by atoms with Crippen molar-refractivity contribution in [1.82, 2.24) is 15.3 Å². The van der Waals surface area contributed by atoms with Crippen molar-refractivity contribution in [2.24, 2.45) is 0 Å². The molecule has 3 nitrogen and oxygen atoms in total. The molecule has 84 valence electrons. The molecule has 0 saturated heterocycles. The van der Waals surface area contributed by atoms with Gasteiger partial charge in [0.1, 0.15) is 4.60 Å². The van der Waals surface area contributed by atoms with Crippen molar-refractivity contribution in [1.29, 1.82) is 0 Å². The molecule has 0 aromatic carbocycles. The minimum absolute atomic E-state index is 0.760. The average molecular weight is 298 g/mol. The van der Waals surface area contributed by atoms with Crippen LogP contribution in [-0.4, -0.2) is 9.97 Å². The Labute approximate surface area is 107 Å². The smallest absolute Gasteiger partial charge is 0.106 e. The lowest BCUT2D eigenvalue weighted by molar-refractivity contribution is 0.668. The largest absolute Gasteiger partial charge is 0.305 e. The summed E-state index contributed by atoms with van der Waals surface area (Å²) in [6, 6.07) is 5.92. The minimum atomic E-state index is 0.760. The maximum Gasteiger partial charge on any atom is 0.106 e. The van der Waals surface area contributed by atoms with E-state index in [0.717, 1.165) is 34.1 Å². The molecule has 0 aliphatic heterocycles. The Morgan fingerprint density at radius 1 is 1.25 bits per heavy atom. The highest BCUT2D eigenvalue weighted by Crippen LogP contribution is 2.08. The van der Waals surface area contributed by atoms with Crippen LogP contribution in [0.1, 0.15) is 16.4 Å². The first kappa shape index (κ1) is 11.7. The molecule has 0 unspecified atom stereocenters. The third-order valence-corrected chi connectivity index (χ3v) is 3.32.